The number of anilines is 1. The number of benzene rings is 1. The molecule has 0 radical (unpaired) electrons. The number of fused-ring (bicyclic) bond motifs is 1. The maximum atomic E-state index is 3.62. The van der Waals surface area contributed by atoms with E-state index in [-0.39, 0.29) is 0 Å². The van der Waals surface area contributed by atoms with E-state index < -0.39 is 0 Å². The van der Waals surface area contributed by atoms with Gasteiger partial charge in [-0.3, -0.25) is 0 Å². The van der Waals surface area contributed by atoms with Crippen LogP contribution in [-0.4, -0.2) is 12.6 Å². The highest BCUT2D eigenvalue weighted by atomic mass is 14.9. The molecule has 2 nitrogen and oxygen atoms in total. The van der Waals surface area contributed by atoms with Gasteiger partial charge in [-0.15, -0.1) is 0 Å². The molecule has 0 fully saturated rings. The second-order valence-corrected chi connectivity index (χ2v) is 5.54. The number of rotatable bonds is 5. The molecule has 1 aromatic carbocycles. The summed E-state index contributed by atoms with van der Waals surface area (Å²) in [4.78, 5) is 0. The molecule has 0 aromatic heterocycles. The van der Waals surface area contributed by atoms with Gasteiger partial charge in [-0.25, -0.2) is 0 Å². The van der Waals surface area contributed by atoms with E-state index in [2.05, 4.69) is 49.6 Å². The molecule has 1 aliphatic rings. The van der Waals surface area contributed by atoms with Crippen molar-refractivity contribution < 1.29 is 0 Å². The molecule has 1 unspecified atom stereocenters. The summed E-state index contributed by atoms with van der Waals surface area (Å²) in [5.74, 6) is 0.761. The van der Waals surface area contributed by atoms with Crippen molar-refractivity contribution in [3.63, 3.8) is 0 Å². The largest absolute Gasteiger partial charge is 0.384 e. The van der Waals surface area contributed by atoms with Gasteiger partial charge in [-0.2, -0.15) is 0 Å². The Hall–Kier alpha value is -1.02. The minimum Gasteiger partial charge on any atom is -0.384 e. The zero-order valence-electron chi connectivity index (χ0n) is 11.2. The van der Waals surface area contributed by atoms with Gasteiger partial charge in [0.2, 0.25) is 0 Å². The lowest BCUT2D eigenvalue weighted by atomic mass is 10.0. The van der Waals surface area contributed by atoms with E-state index in [4.69, 9.17) is 0 Å². The van der Waals surface area contributed by atoms with Crippen LogP contribution in [-0.2, 0) is 13.0 Å². The Bertz CT molecular complexity index is 371. The summed E-state index contributed by atoms with van der Waals surface area (Å²) in [6.07, 6.45) is 2.41. The Morgan fingerprint density at radius 2 is 2.12 bits per heavy atom. The van der Waals surface area contributed by atoms with Crippen LogP contribution in [0, 0.1) is 5.92 Å². The molecular weight excluding hydrogens is 208 g/mol. The third kappa shape index (κ3) is 3.22. The lowest BCUT2D eigenvalue weighted by molar-refractivity contribution is 0.442. The summed E-state index contributed by atoms with van der Waals surface area (Å²) < 4.78 is 0. The molecule has 1 aliphatic heterocycles. The molecule has 2 rings (SSSR count). The molecule has 0 saturated carbocycles. The first kappa shape index (κ1) is 12.4. The number of nitrogens with one attached hydrogen (secondary N) is 2. The van der Waals surface area contributed by atoms with Crippen LogP contribution in [0.5, 0.6) is 0 Å². The summed E-state index contributed by atoms with van der Waals surface area (Å²) in [5.41, 5.74) is 4.26. The molecule has 0 spiro atoms. The quantitative estimate of drug-likeness (QED) is 0.814. The van der Waals surface area contributed by atoms with Gasteiger partial charge in [0.15, 0.2) is 0 Å². The summed E-state index contributed by atoms with van der Waals surface area (Å²) >= 11 is 0. The van der Waals surface area contributed by atoms with E-state index in [9.17, 15) is 0 Å². The SMILES string of the molecule is CC(C)CC(C)NCc1cccc2c1NCC2. The van der Waals surface area contributed by atoms with Crippen LogP contribution in [0.1, 0.15) is 38.3 Å². The lowest BCUT2D eigenvalue weighted by Gasteiger charge is -2.17. The average molecular weight is 232 g/mol. The van der Waals surface area contributed by atoms with Crippen LogP contribution in [0.25, 0.3) is 0 Å². The van der Waals surface area contributed by atoms with Gasteiger partial charge in [-0.05, 0) is 36.8 Å². The Labute approximate surface area is 105 Å². The molecule has 0 bridgehead atoms. The molecule has 17 heavy (non-hydrogen) atoms. The summed E-state index contributed by atoms with van der Waals surface area (Å²) in [5, 5.41) is 7.11. The van der Waals surface area contributed by atoms with Crippen molar-refractivity contribution in [2.45, 2.75) is 46.2 Å². The number of hydrogen-bond acceptors (Lipinski definition) is 2. The standard InChI is InChI=1S/C15H24N2/c1-11(2)9-12(3)17-10-14-6-4-5-13-7-8-16-15(13)14/h4-6,11-12,16-17H,7-10H2,1-3H3. The van der Waals surface area contributed by atoms with Crippen LogP contribution in [0.3, 0.4) is 0 Å². The van der Waals surface area contributed by atoms with Crippen molar-refractivity contribution in [1.29, 1.82) is 0 Å². The highest BCUT2D eigenvalue weighted by molar-refractivity contribution is 5.61. The first-order valence-electron chi connectivity index (χ1n) is 6.75. The fraction of sp³-hybridized carbons (Fsp3) is 0.600. The van der Waals surface area contributed by atoms with Gasteiger partial charge in [0.25, 0.3) is 0 Å². The minimum absolute atomic E-state index is 0.590. The molecule has 1 atom stereocenters. The summed E-state index contributed by atoms with van der Waals surface area (Å²) in [7, 11) is 0. The number of hydrogen-bond donors (Lipinski definition) is 2. The third-order valence-electron chi connectivity index (χ3n) is 3.40. The van der Waals surface area contributed by atoms with E-state index in [0.717, 1.165) is 19.0 Å². The molecule has 0 aliphatic carbocycles. The normalized spacial score (nSPS) is 15.8. The van der Waals surface area contributed by atoms with Crippen molar-refractivity contribution in [2.75, 3.05) is 11.9 Å². The lowest BCUT2D eigenvalue weighted by Crippen LogP contribution is -2.27. The van der Waals surface area contributed by atoms with Crippen molar-refractivity contribution in [2.24, 2.45) is 5.92 Å². The van der Waals surface area contributed by atoms with Crippen LogP contribution < -0.4 is 10.6 Å². The number of para-hydroxylation sites is 1. The van der Waals surface area contributed by atoms with E-state index >= 15 is 0 Å². The second kappa shape index (κ2) is 5.54. The predicted molar refractivity (Wildman–Crippen MR) is 74.4 cm³/mol. The molecular formula is C15H24N2. The first-order valence-corrected chi connectivity index (χ1v) is 6.75. The average Bonchev–Trinajstić information content (AvgIpc) is 2.73. The minimum atomic E-state index is 0.590. The highest BCUT2D eigenvalue weighted by Gasteiger charge is 2.13. The molecule has 0 saturated heterocycles. The van der Waals surface area contributed by atoms with Gasteiger partial charge in [0, 0.05) is 24.8 Å². The Morgan fingerprint density at radius 3 is 2.88 bits per heavy atom. The van der Waals surface area contributed by atoms with Crippen LogP contribution >= 0.6 is 0 Å². The third-order valence-corrected chi connectivity index (χ3v) is 3.40. The molecule has 2 heteroatoms. The zero-order chi connectivity index (χ0) is 12.3. The zero-order valence-corrected chi connectivity index (χ0v) is 11.2. The van der Waals surface area contributed by atoms with E-state index in [1.807, 2.05) is 0 Å². The highest BCUT2D eigenvalue weighted by Crippen LogP contribution is 2.26. The van der Waals surface area contributed by atoms with E-state index in [0.29, 0.717) is 6.04 Å². The molecule has 94 valence electrons. The topological polar surface area (TPSA) is 24.1 Å². The van der Waals surface area contributed by atoms with Crippen LogP contribution in [0.15, 0.2) is 18.2 Å². The van der Waals surface area contributed by atoms with E-state index in [1.54, 1.807) is 0 Å². The Morgan fingerprint density at radius 1 is 1.29 bits per heavy atom. The first-order chi connectivity index (χ1) is 8.16. The van der Waals surface area contributed by atoms with Gasteiger partial charge in [0.05, 0.1) is 0 Å². The van der Waals surface area contributed by atoms with Crippen molar-refractivity contribution in [3.8, 4) is 0 Å². The van der Waals surface area contributed by atoms with Gasteiger partial charge in [-0.1, -0.05) is 32.0 Å². The van der Waals surface area contributed by atoms with Crippen LogP contribution in [0.2, 0.25) is 0 Å². The van der Waals surface area contributed by atoms with Crippen LogP contribution in [0.4, 0.5) is 5.69 Å². The maximum Gasteiger partial charge on any atom is 0.0419 e. The smallest absolute Gasteiger partial charge is 0.0419 e. The van der Waals surface area contributed by atoms with Crippen molar-refractivity contribution in [3.05, 3.63) is 29.3 Å². The van der Waals surface area contributed by atoms with Gasteiger partial charge in [0.1, 0.15) is 0 Å². The molecule has 0 amide bonds. The second-order valence-electron chi connectivity index (χ2n) is 5.54. The molecule has 1 heterocycles. The monoisotopic (exact) mass is 232 g/mol. The van der Waals surface area contributed by atoms with Gasteiger partial charge >= 0.3 is 0 Å². The Balaban J connectivity index is 1.93. The fourth-order valence-electron chi connectivity index (χ4n) is 2.63. The predicted octanol–water partition coefficient (Wildman–Crippen LogP) is 3.18. The summed E-state index contributed by atoms with van der Waals surface area (Å²) in [6.45, 7) is 8.90. The van der Waals surface area contributed by atoms with Crippen molar-refractivity contribution in [1.82, 2.24) is 5.32 Å². The Kier molecular flexibility index (Phi) is 4.06. The maximum absolute atomic E-state index is 3.62. The summed E-state index contributed by atoms with van der Waals surface area (Å²) in [6, 6.07) is 7.23. The molecule has 2 N–H and O–H groups in total. The fourth-order valence-corrected chi connectivity index (χ4v) is 2.63. The van der Waals surface area contributed by atoms with Crippen molar-refractivity contribution >= 4 is 5.69 Å². The molecule has 1 aromatic rings. The van der Waals surface area contributed by atoms with Gasteiger partial charge < -0.3 is 10.6 Å². The van der Waals surface area contributed by atoms with E-state index in [1.165, 1.54) is 29.7 Å².